The molecule has 5 aromatic rings. The van der Waals surface area contributed by atoms with E-state index in [1.165, 1.54) is 18.6 Å². The lowest BCUT2D eigenvalue weighted by molar-refractivity contribution is 0.0843. The van der Waals surface area contributed by atoms with Crippen molar-refractivity contribution in [1.29, 1.82) is 0 Å². The summed E-state index contributed by atoms with van der Waals surface area (Å²) in [6.45, 7) is 2.37. The van der Waals surface area contributed by atoms with Crippen molar-refractivity contribution >= 4 is 39.9 Å². The van der Waals surface area contributed by atoms with E-state index in [1.54, 1.807) is 42.5 Å². The molecule has 0 aliphatic rings. The second-order valence-corrected chi connectivity index (χ2v) is 10.3. The molecule has 0 aliphatic carbocycles. The van der Waals surface area contributed by atoms with Gasteiger partial charge in [0.25, 0.3) is 5.91 Å². The maximum atomic E-state index is 14.9. The summed E-state index contributed by atoms with van der Waals surface area (Å²) in [5.74, 6) is 0.326. The van der Waals surface area contributed by atoms with E-state index in [0.29, 0.717) is 46.4 Å². The SMILES string of the molecule is CO[C@@H](C)CC(CCn1c(-c2ccccc2F)nc2cnc(-n3cncn3)cc21)NC(=O)c1ncc(Cl)s1. The average Bonchev–Trinajstić information content (AvgIpc) is 3.67. The Balaban J connectivity index is 1.50. The van der Waals surface area contributed by atoms with Gasteiger partial charge >= 0.3 is 0 Å². The van der Waals surface area contributed by atoms with Crippen molar-refractivity contribution in [2.75, 3.05) is 7.11 Å². The van der Waals surface area contributed by atoms with Crippen LogP contribution in [0.1, 0.15) is 29.6 Å². The number of imidazole rings is 1. The van der Waals surface area contributed by atoms with Gasteiger partial charge in [-0.3, -0.25) is 4.79 Å². The molecule has 0 saturated carbocycles. The Morgan fingerprint density at radius 1 is 1.26 bits per heavy atom. The molecule has 0 spiro atoms. The first-order chi connectivity index (χ1) is 18.4. The Hall–Kier alpha value is -3.74. The van der Waals surface area contributed by atoms with E-state index in [4.69, 9.17) is 21.3 Å². The number of pyridine rings is 1. The maximum absolute atomic E-state index is 14.9. The third-order valence-electron chi connectivity index (χ3n) is 6.12. The van der Waals surface area contributed by atoms with Crippen LogP contribution in [0.3, 0.4) is 0 Å². The summed E-state index contributed by atoms with van der Waals surface area (Å²) in [7, 11) is 1.63. The van der Waals surface area contributed by atoms with Gasteiger partial charge < -0.3 is 14.6 Å². The summed E-state index contributed by atoms with van der Waals surface area (Å²) < 4.78 is 24.3. The lowest BCUT2D eigenvalue weighted by Crippen LogP contribution is -2.38. The second kappa shape index (κ2) is 11.3. The topological polar surface area (TPSA) is 113 Å². The highest BCUT2D eigenvalue weighted by molar-refractivity contribution is 7.17. The number of benzene rings is 1. The minimum Gasteiger partial charge on any atom is -0.382 e. The van der Waals surface area contributed by atoms with E-state index in [1.807, 2.05) is 17.6 Å². The third-order valence-corrected chi connectivity index (χ3v) is 7.23. The normalized spacial score (nSPS) is 13.1. The number of nitrogens with one attached hydrogen (secondary N) is 1. The van der Waals surface area contributed by atoms with Crippen LogP contribution in [0.5, 0.6) is 0 Å². The van der Waals surface area contributed by atoms with Crippen LogP contribution in [-0.2, 0) is 11.3 Å². The standard InChI is InChI=1S/C25H24ClFN8O2S/c1-15(37-2)9-16(32-24(36)25-30-12-21(26)38-25)7-8-34-20-10-22(35-14-28-13-31-35)29-11-19(20)33-23(34)17-5-3-4-6-18(17)27/h3-6,10-16H,7-9H2,1-2H3,(H,32,36)/t15-,16?/m0/s1. The van der Waals surface area contributed by atoms with Crippen LogP contribution in [0.4, 0.5) is 4.39 Å². The van der Waals surface area contributed by atoms with Crippen molar-refractivity contribution in [3.8, 4) is 17.2 Å². The largest absolute Gasteiger partial charge is 0.382 e. The molecule has 4 aromatic heterocycles. The molecule has 1 aromatic carbocycles. The molecule has 0 aliphatic heterocycles. The van der Waals surface area contributed by atoms with Gasteiger partial charge in [-0.05, 0) is 31.9 Å². The van der Waals surface area contributed by atoms with E-state index in [-0.39, 0.29) is 28.9 Å². The molecule has 0 saturated heterocycles. The first-order valence-corrected chi connectivity index (χ1v) is 13.0. The Kier molecular flexibility index (Phi) is 7.72. The van der Waals surface area contributed by atoms with Crippen LogP contribution in [0.25, 0.3) is 28.2 Å². The fourth-order valence-corrected chi connectivity index (χ4v) is 5.00. The zero-order valence-electron chi connectivity index (χ0n) is 20.6. The molecule has 38 heavy (non-hydrogen) atoms. The summed E-state index contributed by atoms with van der Waals surface area (Å²) in [6, 6.07) is 8.08. The summed E-state index contributed by atoms with van der Waals surface area (Å²) in [4.78, 5) is 30.1. The highest BCUT2D eigenvalue weighted by atomic mass is 35.5. The summed E-state index contributed by atoms with van der Waals surface area (Å²) >= 11 is 7.09. The van der Waals surface area contributed by atoms with Crippen molar-refractivity contribution < 1.29 is 13.9 Å². The molecule has 196 valence electrons. The van der Waals surface area contributed by atoms with Crippen LogP contribution in [0, 0.1) is 5.82 Å². The summed E-state index contributed by atoms with van der Waals surface area (Å²) in [5, 5.41) is 7.50. The highest BCUT2D eigenvalue weighted by Crippen LogP contribution is 2.28. The van der Waals surface area contributed by atoms with Crippen LogP contribution in [-0.4, -0.2) is 59.4 Å². The van der Waals surface area contributed by atoms with Gasteiger partial charge in [-0.2, -0.15) is 5.10 Å². The van der Waals surface area contributed by atoms with E-state index in [2.05, 4.69) is 25.4 Å². The number of thiazole rings is 1. The van der Waals surface area contributed by atoms with Gasteiger partial charge in [0.1, 0.15) is 34.1 Å². The lowest BCUT2D eigenvalue weighted by atomic mass is 10.1. The second-order valence-electron chi connectivity index (χ2n) is 8.65. The van der Waals surface area contributed by atoms with Crippen LogP contribution >= 0.6 is 22.9 Å². The lowest BCUT2D eigenvalue weighted by Gasteiger charge is -2.22. The van der Waals surface area contributed by atoms with Gasteiger partial charge in [-0.15, -0.1) is 0 Å². The molecule has 2 atom stereocenters. The number of hydrogen-bond donors (Lipinski definition) is 1. The van der Waals surface area contributed by atoms with E-state index >= 15 is 0 Å². The molecule has 4 heterocycles. The molecule has 1 unspecified atom stereocenters. The summed E-state index contributed by atoms with van der Waals surface area (Å²) in [5.41, 5.74) is 1.73. The number of nitrogens with zero attached hydrogens (tertiary/aromatic N) is 7. The number of ether oxygens (including phenoxy) is 1. The highest BCUT2D eigenvalue weighted by Gasteiger charge is 2.22. The molecule has 0 radical (unpaired) electrons. The summed E-state index contributed by atoms with van der Waals surface area (Å²) in [6.07, 6.45) is 7.04. The predicted molar refractivity (Wildman–Crippen MR) is 142 cm³/mol. The van der Waals surface area contributed by atoms with Gasteiger partial charge in [0.2, 0.25) is 0 Å². The Labute approximate surface area is 226 Å². The number of methoxy groups -OCH3 is 1. The molecule has 1 N–H and O–H groups in total. The molecule has 5 rings (SSSR count). The average molecular weight is 555 g/mol. The van der Waals surface area contributed by atoms with Crippen molar-refractivity contribution in [3.05, 3.63) is 70.5 Å². The number of amides is 1. The Bertz CT molecular complexity index is 1550. The van der Waals surface area contributed by atoms with Crippen molar-refractivity contribution in [1.82, 2.24) is 39.6 Å². The number of hydrogen-bond acceptors (Lipinski definition) is 8. The van der Waals surface area contributed by atoms with Crippen molar-refractivity contribution in [2.24, 2.45) is 0 Å². The van der Waals surface area contributed by atoms with Gasteiger partial charge in [0.15, 0.2) is 10.8 Å². The quantitative estimate of drug-likeness (QED) is 0.269. The number of carbonyl (C=O) groups is 1. The third kappa shape index (κ3) is 5.57. The zero-order chi connectivity index (χ0) is 26.6. The van der Waals surface area contributed by atoms with Gasteiger partial charge in [0.05, 0.1) is 29.6 Å². The minimum absolute atomic E-state index is 0.103. The molecular formula is C25H24ClFN8O2S. The predicted octanol–water partition coefficient (Wildman–Crippen LogP) is 4.54. The maximum Gasteiger partial charge on any atom is 0.280 e. The smallest absolute Gasteiger partial charge is 0.280 e. The van der Waals surface area contributed by atoms with Crippen molar-refractivity contribution in [2.45, 2.75) is 38.5 Å². The molecular weight excluding hydrogens is 531 g/mol. The van der Waals surface area contributed by atoms with Crippen LogP contribution in [0.15, 0.2) is 55.4 Å². The zero-order valence-corrected chi connectivity index (χ0v) is 22.2. The van der Waals surface area contributed by atoms with Crippen LogP contribution in [0.2, 0.25) is 4.34 Å². The number of halogens is 2. The molecule has 1 amide bonds. The van der Waals surface area contributed by atoms with Crippen molar-refractivity contribution in [3.63, 3.8) is 0 Å². The van der Waals surface area contributed by atoms with Gasteiger partial charge in [-0.25, -0.2) is 29.0 Å². The Morgan fingerprint density at radius 2 is 2.11 bits per heavy atom. The number of aromatic nitrogens is 7. The minimum atomic E-state index is -0.382. The fourth-order valence-electron chi connectivity index (χ4n) is 4.18. The van der Waals surface area contributed by atoms with Crippen LogP contribution < -0.4 is 5.32 Å². The fraction of sp³-hybridized carbons (Fsp3) is 0.280. The monoisotopic (exact) mass is 554 g/mol. The molecule has 10 nitrogen and oxygen atoms in total. The number of carbonyl (C=O) groups excluding carboxylic acids is 1. The number of rotatable bonds is 10. The Morgan fingerprint density at radius 3 is 2.82 bits per heavy atom. The number of aryl methyl sites for hydroxylation is 1. The van der Waals surface area contributed by atoms with Gasteiger partial charge in [0, 0.05) is 25.8 Å². The molecule has 0 fully saturated rings. The van der Waals surface area contributed by atoms with E-state index in [9.17, 15) is 9.18 Å². The number of fused-ring (bicyclic) bond motifs is 1. The first kappa shape index (κ1) is 25.9. The van der Waals surface area contributed by atoms with Gasteiger partial charge in [-0.1, -0.05) is 35.1 Å². The van der Waals surface area contributed by atoms with E-state index < -0.39 is 0 Å². The first-order valence-electron chi connectivity index (χ1n) is 11.8. The molecule has 13 heteroatoms. The molecule has 0 bridgehead atoms. The van der Waals surface area contributed by atoms with E-state index in [0.717, 1.165) is 16.9 Å².